The van der Waals surface area contributed by atoms with E-state index < -0.39 is 24.3 Å². The van der Waals surface area contributed by atoms with Gasteiger partial charge in [-0.05, 0) is 81.0 Å². The Bertz CT molecular complexity index is 1350. The van der Waals surface area contributed by atoms with Gasteiger partial charge < -0.3 is 29.3 Å². The normalized spacial score (nSPS) is 29.4. The van der Waals surface area contributed by atoms with Crippen molar-refractivity contribution in [2.75, 3.05) is 70.9 Å². The van der Waals surface area contributed by atoms with Gasteiger partial charge in [-0.2, -0.15) is 0 Å². The van der Waals surface area contributed by atoms with Crippen molar-refractivity contribution < 1.29 is 33.4 Å². The van der Waals surface area contributed by atoms with Crippen LogP contribution in [0.5, 0.6) is 0 Å². The molecule has 0 radical (unpaired) electrons. The molecule has 1 aliphatic carbocycles. The first-order chi connectivity index (χ1) is 22.9. The van der Waals surface area contributed by atoms with E-state index in [0.29, 0.717) is 56.9 Å². The number of aliphatic hydroxyl groups excluding tert-OH is 1. The Hall–Kier alpha value is -3.28. The third-order valence-corrected chi connectivity index (χ3v) is 10.2. The van der Waals surface area contributed by atoms with Gasteiger partial charge in [-0.3, -0.25) is 14.5 Å². The van der Waals surface area contributed by atoms with E-state index in [1.807, 2.05) is 52.1 Å². The SMILES string of the molecule is C/C(=C\c1cc(F)cc(N2CCN(CC(=O)C3CC3)CC2)c1)[C@H]1OC(=O)C[C@H](O)CC[C@H](C)[C@@H](OC(=O)N2CCN(C)CC2)/C=C/[C@@H]1C. The Morgan fingerprint density at radius 3 is 2.38 bits per heavy atom. The molecule has 0 bridgehead atoms. The van der Waals surface area contributed by atoms with Gasteiger partial charge in [0.25, 0.3) is 0 Å². The first-order valence-electron chi connectivity index (χ1n) is 17.6. The Morgan fingerprint density at radius 2 is 1.69 bits per heavy atom. The molecule has 1 aromatic rings. The molecule has 1 N–H and O–H groups in total. The summed E-state index contributed by atoms with van der Waals surface area (Å²) in [5, 5.41) is 10.7. The second-order valence-electron chi connectivity index (χ2n) is 14.3. The standard InChI is InChI=1S/C37H53FN4O6/c1-25-5-9-32(43)23-35(45)48-36(26(2)6-10-34(25)47-37(46)42-15-11-39(4)12-16-42)27(3)19-28-20-30(38)22-31(21-28)41-17-13-40(14-18-41)24-33(44)29-7-8-29/h6,10,19-22,25-26,29,32,34,36,43H,5,7-9,11-18,23-24H2,1-4H3/b10-6+,27-19+/t25-,26-,32+,34-,36-/m0/s1. The van der Waals surface area contributed by atoms with Crippen LogP contribution in [0.3, 0.4) is 0 Å². The minimum absolute atomic E-state index is 0.0729. The molecule has 5 atom stereocenters. The highest BCUT2D eigenvalue weighted by molar-refractivity contribution is 5.85. The lowest BCUT2D eigenvalue weighted by Crippen LogP contribution is -2.48. The van der Waals surface area contributed by atoms with Crippen molar-refractivity contribution in [2.45, 2.75) is 71.2 Å². The highest BCUT2D eigenvalue weighted by Crippen LogP contribution is 2.31. The maximum Gasteiger partial charge on any atom is 0.410 e. The van der Waals surface area contributed by atoms with Crippen LogP contribution in [0.15, 0.2) is 35.9 Å². The van der Waals surface area contributed by atoms with E-state index in [2.05, 4.69) is 14.7 Å². The Balaban J connectivity index is 1.30. The molecule has 1 amide bonds. The average molecular weight is 669 g/mol. The molecule has 3 fully saturated rings. The number of piperazine rings is 2. The summed E-state index contributed by atoms with van der Waals surface area (Å²) < 4.78 is 26.9. The van der Waals surface area contributed by atoms with Crippen molar-refractivity contribution in [2.24, 2.45) is 17.8 Å². The summed E-state index contributed by atoms with van der Waals surface area (Å²) in [7, 11) is 2.03. The van der Waals surface area contributed by atoms with E-state index in [-0.39, 0.29) is 36.1 Å². The van der Waals surface area contributed by atoms with Gasteiger partial charge in [0.15, 0.2) is 0 Å². The number of cyclic esters (lactones) is 1. The van der Waals surface area contributed by atoms with Crippen molar-refractivity contribution in [1.82, 2.24) is 14.7 Å². The monoisotopic (exact) mass is 668 g/mol. The van der Waals surface area contributed by atoms with Crippen LogP contribution in [0.2, 0.25) is 0 Å². The Labute approximate surface area is 284 Å². The quantitative estimate of drug-likeness (QED) is 0.335. The minimum atomic E-state index is -0.879. The number of aliphatic hydroxyl groups is 1. The van der Waals surface area contributed by atoms with Crippen LogP contribution in [0.1, 0.15) is 58.4 Å². The van der Waals surface area contributed by atoms with Gasteiger partial charge in [-0.25, -0.2) is 9.18 Å². The molecule has 48 heavy (non-hydrogen) atoms. The highest BCUT2D eigenvalue weighted by Gasteiger charge is 2.32. The van der Waals surface area contributed by atoms with Crippen molar-refractivity contribution in [3.63, 3.8) is 0 Å². The van der Waals surface area contributed by atoms with Crippen LogP contribution in [-0.2, 0) is 19.1 Å². The van der Waals surface area contributed by atoms with E-state index in [0.717, 1.165) is 50.3 Å². The minimum Gasteiger partial charge on any atom is -0.457 e. The molecule has 264 valence electrons. The number of carbonyl (C=O) groups excluding carboxylic acids is 3. The highest BCUT2D eigenvalue weighted by atomic mass is 19.1. The van der Waals surface area contributed by atoms with Gasteiger partial charge in [-0.1, -0.05) is 26.0 Å². The molecule has 0 unspecified atom stereocenters. The smallest absolute Gasteiger partial charge is 0.410 e. The summed E-state index contributed by atoms with van der Waals surface area (Å²) >= 11 is 0. The zero-order chi connectivity index (χ0) is 34.4. The molecule has 11 heteroatoms. The number of esters is 1. The molecule has 0 spiro atoms. The van der Waals surface area contributed by atoms with Gasteiger partial charge in [0.1, 0.15) is 23.8 Å². The summed E-state index contributed by atoms with van der Waals surface area (Å²) in [5.41, 5.74) is 2.15. The molecule has 4 aliphatic rings. The van der Waals surface area contributed by atoms with Crippen LogP contribution in [-0.4, -0.2) is 122 Å². The molecule has 1 aromatic carbocycles. The molecule has 2 saturated heterocycles. The molecular formula is C37H53FN4O6. The maximum atomic E-state index is 15.0. The lowest BCUT2D eigenvalue weighted by molar-refractivity contribution is -0.151. The van der Waals surface area contributed by atoms with E-state index >= 15 is 0 Å². The van der Waals surface area contributed by atoms with Gasteiger partial charge in [0, 0.05) is 69.9 Å². The number of likely N-dealkylation sites (N-methyl/N-ethyl adjacent to an activating group) is 1. The summed E-state index contributed by atoms with van der Waals surface area (Å²) in [6, 6.07) is 4.94. The zero-order valence-electron chi connectivity index (χ0n) is 29.0. The van der Waals surface area contributed by atoms with Gasteiger partial charge in [0.05, 0.1) is 19.1 Å². The number of ketones is 1. The van der Waals surface area contributed by atoms with E-state index in [1.54, 1.807) is 4.90 Å². The van der Waals surface area contributed by atoms with Crippen LogP contribution in [0.25, 0.3) is 6.08 Å². The number of Topliss-reactive ketones (excluding diaryl/α,β-unsaturated/α-hetero) is 1. The number of amides is 1. The third-order valence-electron chi connectivity index (χ3n) is 10.2. The number of rotatable bonds is 7. The van der Waals surface area contributed by atoms with Crippen LogP contribution < -0.4 is 4.90 Å². The molecule has 0 aromatic heterocycles. The van der Waals surface area contributed by atoms with Crippen molar-refractivity contribution in [3.05, 3.63) is 47.3 Å². The zero-order valence-corrected chi connectivity index (χ0v) is 29.0. The lowest BCUT2D eigenvalue weighted by Gasteiger charge is -2.36. The molecule has 10 nitrogen and oxygen atoms in total. The van der Waals surface area contributed by atoms with Gasteiger partial charge >= 0.3 is 12.1 Å². The third kappa shape index (κ3) is 10.1. The number of halogens is 1. The summed E-state index contributed by atoms with van der Waals surface area (Å²) in [5.74, 6) is -0.635. The van der Waals surface area contributed by atoms with Crippen molar-refractivity contribution in [3.8, 4) is 0 Å². The average Bonchev–Trinajstić information content (AvgIpc) is 3.90. The largest absolute Gasteiger partial charge is 0.457 e. The van der Waals surface area contributed by atoms with E-state index in [9.17, 15) is 23.9 Å². The lowest BCUT2D eigenvalue weighted by atomic mass is 9.91. The number of benzene rings is 1. The number of anilines is 1. The Morgan fingerprint density at radius 1 is 0.979 bits per heavy atom. The maximum absolute atomic E-state index is 15.0. The predicted molar refractivity (Wildman–Crippen MR) is 183 cm³/mol. The van der Waals surface area contributed by atoms with Crippen LogP contribution >= 0.6 is 0 Å². The number of nitrogens with zero attached hydrogens (tertiary/aromatic N) is 4. The van der Waals surface area contributed by atoms with Gasteiger partial charge in [0.2, 0.25) is 0 Å². The molecule has 5 rings (SSSR count). The molecule has 3 heterocycles. The predicted octanol–water partition coefficient (Wildman–Crippen LogP) is 4.37. The van der Waals surface area contributed by atoms with Crippen LogP contribution in [0, 0.1) is 23.6 Å². The molecule has 1 saturated carbocycles. The topological polar surface area (TPSA) is 103 Å². The molecular weight excluding hydrogens is 615 g/mol. The fourth-order valence-electron chi connectivity index (χ4n) is 6.76. The van der Waals surface area contributed by atoms with Crippen molar-refractivity contribution >= 4 is 29.6 Å². The second-order valence-corrected chi connectivity index (χ2v) is 14.3. The first-order valence-corrected chi connectivity index (χ1v) is 17.6. The van der Waals surface area contributed by atoms with Crippen LogP contribution in [0.4, 0.5) is 14.9 Å². The number of hydrogen-bond donors (Lipinski definition) is 1. The number of ether oxygens (including phenoxy) is 2. The summed E-state index contributed by atoms with van der Waals surface area (Å²) in [4.78, 5) is 46.6. The van der Waals surface area contributed by atoms with E-state index in [4.69, 9.17) is 9.47 Å². The second kappa shape index (κ2) is 16.4. The number of hydrogen-bond acceptors (Lipinski definition) is 9. The fraction of sp³-hybridized carbons (Fsp3) is 0.649. The van der Waals surface area contributed by atoms with E-state index in [1.165, 1.54) is 12.1 Å². The Kier molecular flexibility index (Phi) is 12.3. The summed E-state index contributed by atoms with van der Waals surface area (Å²) in [6.07, 6.45) is 6.08. The number of carbonyl (C=O) groups is 3. The van der Waals surface area contributed by atoms with Gasteiger partial charge in [-0.15, -0.1) is 0 Å². The molecule has 3 aliphatic heterocycles. The first kappa shape index (κ1) is 36.0. The summed E-state index contributed by atoms with van der Waals surface area (Å²) in [6.45, 7) is 12.0. The fourth-order valence-corrected chi connectivity index (χ4v) is 6.76. The van der Waals surface area contributed by atoms with Crippen molar-refractivity contribution in [1.29, 1.82) is 0 Å².